The fourth-order valence-electron chi connectivity index (χ4n) is 1.46. The molecule has 0 radical (unpaired) electrons. The molecule has 21 heavy (non-hydrogen) atoms. The van der Waals surface area contributed by atoms with E-state index < -0.39 is 15.9 Å². The Morgan fingerprint density at radius 3 is 2.57 bits per heavy atom. The monoisotopic (exact) mass is 392 g/mol. The predicted octanol–water partition coefficient (Wildman–Crippen LogP) is 2.06. The van der Waals surface area contributed by atoms with Crippen molar-refractivity contribution < 1.29 is 13.2 Å². The van der Waals surface area contributed by atoms with Gasteiger partial charge in [0.2, 0.25) is 0 Å². The molecular formula is C11H10BrClN4O3S. The minimum Gasteiger partial charge on any atom is -0.319 e. The highest BCUT2D eigenvalue weighted by Crippen LogP contribution is 2.24. The fourth-order valence-corrected chi connectivity index (χ4v) is 2.72. The minimum absolute atomic E-state index is 0.0219. The lowest BCUT2D eigenvalue weighted by atomic mass is 10.2. The molecule has 0 atom stereocenters. The van der Waals surface area contributed by atoms with E-state index in [2.05, 4.69) is 31.4 Å². The van der Waals surface area contributed by atoms with Crippen molar-refractivity contribution in [3.8, 4) is 0 Å². The van der Waals surface area contributed by atoms with Crippen molar-refractivity contribution >= 4 is 49.1 Å². The van der Waals surface area contributed by atoms with Crippen LogP contribution in [0, 0.1) is 6.92 Å². The Bertz CT molecular complexity index is 819. The van der Waals surface area contributed by atoms with Crippen LogP contribution in [0.25, 0.3) is 0 Å². The summed E-state index contributed by atoms with van der Waals surface area (Å²) in [7, 11) is -3.67. The summed E-state index contributed by atoms with van der Waals surface area (Å²) in [5, 5.41) is 10.2. The Hall–Kier alpha value is -1.45. The first-order valence-corrected chi connectivity index (χ1v) is 8.61. The summed E-state index contributed by atoms with van der Waals surface area (Å²) in [5.41, 5.74) is 1.19. The maximum absolute atomic E-state index is 12.1. The predicted molar refractivity (Wildman–Crippen MR) is 82.1 cm³/mol. The molecular weight excluding hydrogens is 384 g/mol. The van der Waals surface area contributed by atoms with Crippen LogP contribution < -0.4 is 5.32 Å². The van der Waals surface area contributed by atoms with E-state index in [0.29, 0.717) is 14.9 Å². The van der Waals surface area contributed by atoms with E-state index in [-0.39, 0.29) is 10.3 Å². The number of carbonyl (C=O) groups excluding carboxylic acids is 1. The summed E-state index contributed by atoms with van der Waals surface area (Å²) >= 11 is 9.02. The molecule has 1 heterocycles. The highest BCUT2D eigenvalue weighted by molar-refractivity contribution is 9.10. The second kappa shape index (κ2) is 5.74. The van der Waals surface area contributed by atoms with Crippen molar-refractivity contribution in [3.05, 3.63) is 39.1 Å². The van der Waals surface area contributed by atoms with Crippen molar-refractivity contribution in [3.63, 3.8) is 0 Å². The number of anilines is 1. The highest BCUT2D eigenvalue weighted by Gasteiger charge is 2.21. The number of carbonyl (C=O) groups is 1. The van der Waals surface area contributed by atoms with Crippen molar-refractivity contribution in [2.45, 2.75) is 6.92 Å². The summed E-state index contributed by atoms with van der Waals surface area (Å²) < 4.78 is 23.2. The molecule has 112 valence electrons. The van der Waals surface area contributed by atoms with Gasteiger partial charge in [-0.15, -0.1) is 10.2 Å². The van der Waals surface area contributed by atoms with Crippen LogP contribution in [0.1, 0.15) is 16.1 Å². The van der Waals surface area contributed by atoms with Crippen LogP contribution in [0.2, 0.25) is 5.02 Å². The Balaban J connectivity index is 2.31. The van der Waals surface area contributed by atoms with Crippen LogP contribution in [0.5, 0.6) is 0 Å². The molecule has 0 spiro atoms. The van der Waals surface area contributed by atoms with Gasteiger partial charge >= 0.3 is 0 Å². The number of aromatic nitrogens is 3. The number of hydrogen-bond acceptors (Lipinski definition) is 5. The normalized spacial score (nSPS) is 11.4. The van der Waals surface area contributed by atoms with E-state index in [1.807, 2.05) is 6.92 Å². The summed E-state index contributed by atoms with van der Waals surface area (Å²) in [6.07, 6.45) is 0.929. The number of rotatable bonds is 3. The number of benzene rings is 1. The van der Waals surface area contributed by atoms with Crippen LogP contribution in [0.3, 0.4) is 0 Å². The van der Waals surface area contributed by atoms with Gasteiger partial charge in [-0.25, -0.2) is 8.42 Å². The van der Waals surface area contributed by atoms with E-state index in [0.717, 1.165) is 11.8 Å². The molecule has 0 aliphatic carbocycles. The number of aryl methyl sites for hydroxylation is 1. The van der Waals surface area contributed by atoms with Gasteiger partial charge in [0, 0.05) is 0 Å². The zero-order valence-corrected chi connectivity index (χ0v) is 14.1. The minimum atomic E-state index is -3.67. The van der Waals surface area contributed by atoms with Crippen LogP contribution in [-0.4, -0.2) is 35.0 Å². The van der Waals surface area contributed by atoms with Gasteiger partial charge in [0.15, 0.2) is 10.3 Å². The molecule has 1 aromatic heterocycles. The average molecular weight is 394 g/mol. The molecule has 0 aliphatic heterocycles. The van der Waals surface area contributed by atoms with E-state index in [9.17, 15) is 13.2 Å². The maximum atomic E-state index is 12.1. The van der Waals surface area contributed by atoms with E-state index in [4.69, 9.17) is 11.6 Å². The Labute approximate surface area is 134 Å². The average Bonchev–Trinajstić information content (AvgIpc) is 2.75. The summed E-state index contributed by atoms with van der Waals surface area (Å²) in [4.78, 5) is 12.1. The second-order valence-corrected chi connectivity index (χ2v) is 7.21. The number of hydrogen-bond donors (Lipinski definition) is 1. The molecule has 0 bridgehead atoms. The number of nitrogens with one attached hydrogen (secondary N) is 1. The van der Waals surface area contributed by atoms with Crippen molar-refractivity contribution in [2.75, 3.05) is 11.6 Å². The third-order valence-electron chi connectivity index (χ3n) is 2.44. The first kappa shape index (κ1) is 15.9. The van der Waals surface area contributed by atoms with Crippen LogP contribution >= 0.6 is 27.5 Å². The van der Waals surface area contributed by atoms with Gasteiger partial charge in [-0.1, -0.05) is 21.9 Å². The number of amides is 1. The molecule has 2 aromatic rings. The number of nitrogens with zero attached hydrogens (tertiary/aromatic N) is 3. The van der Waals surface area contributed by atoms with Crippen molar-refractivity contribution in [2.24, 2.45) is 0 Å². The topological polar surface area (TPSA) is 94.0 Å². The first-order valence-electron chi connectivity index (χ1n) is 5.59. The smallest absolute Gasteiger partial charge is 0.279 e. The zero-order valence-electron chi connectivity index (χ0n) is 11.0. The molecule has 10 heteroatoms. The zero-order chi connectivity index (χ0) is 15.8. The molecule has 0 unspecified atom stereocenters. The molecule has 1 aromatic carbocycles. The lowest BCUT2D eigenvalue weighted by Gasteiger charge is -2.06. The summed E-state index contributed by atoms with van der Waals surface area (Å²) in [6, 6.07) is 5.12. The van der Waals surface area contributed by atoms with Crippen LogP contribution in [0.15, 0.2) is 22.8 Å². The standard InChI is InChI=1S/C11H10BrClN4O3S/c1-6-3-4-8(7(13)5-6)14-11(18)9-10(12)16-17(15-9)21(2,19)20/h3-5H,1-2H3,(H,14,18). The van der Waals surface area contributed by atoms with Crippen LogP contribution in [-0.2, 0) is 10.0 Å². The summed E-state index contributed by atoms with van der Waals surface area (Å²) in [5.74, 6) is -0.623. The largest absolute Gasteiger partial charge is 0.319 e. The third-order valence-corrected chi connectivity index (χ3v) is 4.04. The SMILES string of the molecule is Cc1ccc(NC(=O)c2nn(S(C)(=O)=O)nc2Br)c(Cl)c1. The first-order chi connectivity index (χ1) is 9.68. The lowest BCUT2D eigenvalue weighted by Crippen LogP contribution is -2.17. The van der Waals surface area contributed by atoms with Gasteiger partial charge in [0.05, 0.1) is 17.0 Å². The highest BCUT2D eigenvalue weighted by atomic mass is 79.9. The van der Waals surface area contributed by atoms with Crippen LogP contribution in [0.4, 0.5) is 5.69 Å². The van der Waals surface area contributed by atoms with Crippen molar-refractivity contribution in [1.29, 1.82) is 0 Å². The molecule has 0 saturated carbocycles. The third kappa shape index (κ3) is 3.60. The van der Waals surface area contributed by atoms with Gasteiger partial charge in [0.1, 0.15) is 0 Å². The Kier molecular flexibility index (Phi) is 4.35. The van der Waals surface area contributed by atoms with E-state index in [1.54, 1.807) is 18.2 Å². The van der Waals surface area contributed by atoms with E-state index >= 15 is 0 Å². The van der Waals surface area contributed by atoms with Gasteiger partial charge in [-0.3, -0.25) is 4.79 Å². The Morgan fingerprint density at radius 2 is 2.05 bits per heavy atom. The van der Waals surface area contributed by atoms with E-state index in [1.165, 1.54) is 0 Å². The second-order valence-electron chi connectivity index (χ2n) is 4.26. The van der Waals surface area contributed by atoms with Crippen molar-refractivity contribution in [1.82, 2.24) is 14.4 Å². The molecule has 0 aliphatic rings. The summed E-state index contributed by atoms with van der Waals surface area (Å²) in [6.45, 7) is 1.87. The molecule has 2 rings (SSSR count). The molecule has 0 fully saturated rings. The fraction of sp³-hybridized carbons (Fsp3) is 0.182. The van der Waals surface area contributed by atoms with Gasteiger partial charge < -0.3 is 5.32 Å². The molecule has 1 N–H and O–H groups in total. The Morgan fingerprint density at radius 1 is 1.38 bits per heavy atom. The quantitative estimate of drug-likeness (QED) is 0.861. The molecule has 0 saturated heterocycles. The maximum Gasteiger partial charge on any atom is 0.279 e. The van der Waals surface area contributed by atoms with Gasteiger partial charge in [-0.05, 0) is 40.5 Å². The number of halogens is 2. The van der Waals surface area contributed by atoms with Gasteiger partial charge in [0.25, 0.3) is 15.9 Å². The molecule has 7 nitrogen and oxygen atoms in total. The molecule has 1 amide bonds. The lowest BCUT2D eigenvalue weighted by molar-refractivity contribution is 0.102. The van der Waals surface area contributed by atoms with Gasteiger partial charge in [-0.2, -0.15) is 0 Å².